The second-order valence-corrected chi connectivity index (χ2v) is 7.59. The molecule has 0 saturated carbocycles. The minimum Gasteiger partial charge on any atom is -0.300 e. The van der Waals surface area contributed by atoms with E-state index in [0.717, 1.165) is 16.7 Å². The lowest BCUT2D eigenvalue weighted by Crippen LogP contribution is -2.45. The van der Waals surface area contributed by atoms with E-state index in [1.54, 1.807) is 0 Å². The lowest BCUT2D eigenvalue weighted by Gasteiger charge is -2.43. The quantitative estimate of drug-likeness (QED) is 0.581. The van der Waals surface area contributed by atoms with Crippen LogP contribution in [0, 0.1) is 5.92 Å². The minimum atomic E-state index is -1.07. The summed E-state index contributed by atoms with van der Waals surface area (Å²) < 4.78 is 6.80. The van der Waals surface area contributed by atoms with E-state index in [1.807, 2.05) is 66.7 Å². The zero-order valence-electron chi connectivity index (χ0n) is 15.5. The maximum absolute atomic E-state index is 6.80. The molecule has 0 N–H and O–H groups in total. The van der Waals surface area contributed by atoms with Gasteiger partial charge in [-0.1, -0.05) is 98.8 Å². The Morgan fingerprint density at radius 3 is 1.96 bits per heavy atom. The maximum atomic E-state index is 6.80. The van der Waals surface area contributed by atoms with Crippen molar-refractivity contribution < 1.29 is 14.5 Å². The Kier molecular flexibility index (Phi) is 3.73. The van der Waals surface area contributed by atoms with Crippen molar-refractivity contribution in [2.75, 3.05) is 0 Å². The highest BCUT2D eigenvalue weighted by Gasteiger charge is 2.65. The van der Waals surface area contributed by atoms with Crippen molar-refractivity contribution in [2.45, 2.75) is 31.3 Å². The molecular formula is C24H22O3. The van der Waals surface area contributed by atoms with Gasteiger partial charge in [0.25, 0.3) is 5.79 Å². The highest BCUT2D eigenvalue weighted by molar-refractivity contribution is 5.47. The van der Waals surface area contributed by atoms with E-state index in [1.165, 1.54) is 5.56 Å². The number of hydrogen-bond donors (Lipinski definition) is 0. The fraction of sp³-hybridized carbons (Fsp3) is 0.250. The van der Waals surface area contributed by atoms with Gasteiger partial charge >= 0.3 is 0 Å². The fourth-order valence-corrected chi connectivity index (χ4v) is 4.53. The molecule has 0 amide bonds. The molecule has 3 nitrogen and oxygen atoms in total. The van der Waals surface area contributed by atoms with Crippen molar-refractivity contribution in [3.8, 4) is 0 Å². The van der Waals surface area contributed by atoms with E-state index in [0.29, 0.717) is 5.92 Å². The van der Waals surface area contributed by atoms with E-state index >= 15 is 0 Å². The lowest BCUT2D eigenvalue weighted by atomic mass is 9.72. The standard InChI is InChI=1S/C24H22O3/c1-17(2)22-20-15-9-10-16-21(20)23(18-11-5-3-6-12-18)25-24(22,27-26-23)19-13-7-4-8-14-19/h3-17,22H,1-2H3/t22?,23-,24+/m0/s1. The summed E-state index contributed by atoms with van der Waals surface area (Å²) in [5.41, 5.74) is 4.12. The third kappa shape index (κ3) is 2.26. The molecule has 27 heavy (non-hydrogen) atoms. The first kappa shape index (κ1) is 16.7. The van der Waals surface area contributed by atoms with Gasteiger partial charge in [0.15, 0.2) is 0 Å². The van der Waals surface area contributed by atoms with Crippen LogP contribution in [-0.2, 0) is 26.1 Å². The molecular weight excluding hydrogens is 336 g/mol. The number of fused-ring (bicyclic) bond motifs is 4. The zero-order chi connectivity index (χ0) is 18.5. The van der Waals surface area contributed by atoms with Crippen molar-refractivity contribution >= 4 is 0 Å². The smallest absolute Gasteiger partial charge is 0.257 e. The van der Waals surface area contributed by atoms with Crippen molar-refractivity contribution in [3.63, 3.8) is 0 Å². The van der Waals surface area contributed by atoms with Crippen LogP contribution in [0.2, 0.25) is 0 Å². The molecule has 3 atom stereocenters. The Morgan fingerprint density at radius 2 is 1.30 bits per heavy atom. The third-order valence-electron chi connectivity index (χ3n) is 5.63. The zero-order valence-corrected chi connectivity index (χ0v) is 15.5. The molecule has 3 heteroatoms. The normalized spacial score (nSPS) is 28.9. The second kappa shape index (κ2) is 6.03. The largest absolute Gasteiger partial charge is 0.300 e. The van der Waals surface area contributed by atoms with Crippen LogP contribution in [-0.4, -0.2) is 0 Å². The molecule has 0 aromatic heterocycles. The van der Waals surface area contributed by atoms with Crippen LogP contribution in [0.4, 0.5) is 0 Å². The third-order valence-corrected chi connectivity index (χ3v) is 5.63. The van der Waals surface area contributed by atoms with E-state index in [4.69, 9.17) is 14.5 Å². The molecule has 1 fully saturated rings. The molecule has 3 aromatic carbocycles. The van der Waals surface area contributed by atoms with Gasteiger partial charge in [-0.3, -0.25) is 4.74 Å². The molecule has 0 aliphatic carbocycles. The van der Waals surface area contributed by atoms with Gasteiger partial charge < -0.3 is 0 Å². The summed E-state index contributed by atoms with van der Waals surface area (Å²) in [6.07, 6.45) is 0. The predicted octanol–water partition coefficient (Wildman–Crippen LogP) is 5.47. The van der Waals surface area contributed by atoms with Gasteiger partial charge in [-0.2, -0.15) is 9.78 Å². The SMILES string of the molecule is CC(C)C1c2ccccc2[C@]2(c3ccccc3)OO[C@@]1(c1ccccc1)O2. The molecule has 2 aliphatic rings. The second-order valence-electron chi connectivity index (χ2n) is 7.59. The van der Waals surface area contributed by atoms with Crippen LogP contribution < -0.4 is 0 Å². The Hall–Kier alpha value is -2.46. The number of benzene rings is 3. The molecule has 2 aliphatic heterocycles. The van der Waals surface area contributed by atoms with Gasteiger partial charge in [0, 0.05) is 22.6 Å². The van der Waals surface area contributed by atoms with Crippen molar-refractivity contribution in [3.05, 3.63) is 107 Å². The highest BCUT2D eigenvalue weighted by Crippen LogP contribution is 2.62. The summed E-state index contributed by atoms with van der Waals surface area (Å²) in [4.78, 5) is 12.2. The lowest BCUT2D eigenvalue weighted by molar-refractivity contribution is -0.353. The minimum absolute atomic E-state index is 0.00966. The first-order valence-corrected chi connectivity index (χ1v) is 9.45. The molecule has 0 spiro atoms. The Balaban J connectivity index is 1.81. The Bertz CT molecular complexity index is 954. The molecule has 5 rings (SSSR count). The van der Waals surface area contributed by atoms with Crippen LogP contribution in [0.1, 0.15) is 42.0 Å². The van der Waals surface area contributed by atoms with E-state index in [9.17, 15) is 0 Å². The average molecular weight is 358 g/mol. The van der Waals surface area contributed by atoms with E-state index < -0.39 is 11.6 Å². The fourth-order valence-electron chi connectivity index (χ4n) is 4.53. The molecule has 136 valence electrons. The molecule has 0 radical (unpaired) electrons. The molecule has 1 unspecified atom stereocenters. The first-order chi connectivity index (χ1) is 13.2. The number of ether oxygens (including phenoxy) is 1. The molecule has 3 aromatic rings. The Morgan fingerprint density at radius 1 is 0.704 bits per heavy atom. The van der Waals surface area contributed by atoms with Crippen LogP contribution in [0.5, 0.6) is 0 Å². The van der Waals surface area contributed by atoms with Gasteiger partial charge in [-0.25, -0.2) is 0 Å². The molecule has 2 bridgehead atoms. The van der Waals surface area contributed by atoms with Gasteiger partial charge in [0.05, 0.1) is 0 Å². The van der Waals surface area contributed by atoms with E-state index in [2.05, 4.69) is 32.0 Å². The van der Waals surface area contributed by atoms with Gasteiger partial charge in [-0.05, 0) is 11.5 Å². The van der Waals surface area contributed by atoms with Gasteiger partial charge in [-0.15, -0.1) is 0 Å². The van der Waals surface area contributed by atoms with Gasteiger partial charge in [0.2, 0.25) is 5.79 Å². The van der Waals surface area contributed by atoms with Crippen molar-refractivity contribution in [1.82, 2.24) is 0 Å². The monoisotopic (exact) mass is 358 g/mol. The maximum Gasteiger partial charge on any atom is 0.257 e. The summed E-state index contributed by atoms with van der Waals surface area (Å²) in [7, 11) is 0. The number of hydrogen-bond acceptors (Lipinski definition) is 3. The molecule has 1 saturated heterocycles. The van der Waals surface area contributed by atoms with Crippen molar-refractivity contribution in [2.24, 2.45) is 5.92 Å². The summed E-state index contributed by atoms with van der Waals surface area (Å²) in [6, 6.07) is 28.5. The summed E-state index contributed by atoms with van der Waals surface area (Å²) in [6.45, 7) is 4.40. The number of rotatable bonds is 3. The summed E-state index contributed by atoms with van der Waals surface area (Å²) >= 11 is 0. The van der Waals surface area contributed by atoms with Crippen LogP contribution in [0.15, 0.2) is 84.9 Å². The van der Waals surface area contributed by atoms with E-state index in [-0.39, 0.29) is 5.92 Å². The summed E-state index contributed by atoms with van der Waals surface area (Å²) in [5, 5.41) is 0. The van der Waals surface area contributed by atoms with Crippen LogP contribution in [0.3, 0.4) is 0 Å². The first-order valence-electron chi connectivity index (χ1n) is 9.45. The predicted molar refractivity (Wildman–Crippen MR) is 103 cm³/mol. The van der Waals surface area contributed by atoms with Gasteiger partial charge in [0.1, 0.15) is 0 Å². The average Bonchev–Trinajstić information content (AvgIpc) is 3.07. The summed E-state index contributed by atoms with van der Waals surface area (Å²) in [5.74, 6) is -1.75. The van der Waals surface area contributed by atoms with Crippen LogP contribution in [0.25, 0.3) is 0 Å². The van der Waals surface area contributed by atoms with Crippen LogP contribution >= 0.6 is 0 Å². The highest BCUT2D eigenvalue weighted by atomic mass is 17.3. The van der Waals surface area contributed by atoms with Crippen molar-refractivity contribution in [1.29, 1.82) is 0 Å². The Labute approximate surface area is 159 Å². The topological polar surface area (TPSA) is 27.7 Å². The molecule has 2 heterocycles.